The van der Waals surface area contributed by atoms with Gasteiger partial charge in [-0.25, -0.2) is 0 Å². The Bertz CT molecular complexity index is 457. The molecule has 1 aliphatic rings. The number of carbonyl (C=O) groups excluding carboxylic acids is 1. The van der Waals surface area contributed by atoms with Gasteiger partial charge < -0.3 is 10.6 Å². The van der Waals surface area contributed by atoms with Crippen LogP contribution in [0.2, 0.25) is 0 Å². The van der Waals surface area contributed by atoms with Crippen molar-refractivity contribution in [1.29, 1.82) is 0 Å². The maximum Gasteiger partial charge on any atom is 0.224 e. The van der Waals surface area contributed by atoms with Crippen molar-refractivity contribution < 1.29 is 4.79 Å². The molecule has 104 valence electrons. The molecule has 1 aromatic carbocycles. The molecule has 1 unspecified atom stereocenters. The van der Waals surface area contributed by atoms with E-state index in [1.54, 1.807) is 0 Å². The average Bonchev–Trinajstić information content (AvgIpc) is 2.33. The number of nitrogens with one attached hydrogen (secondary N) is 2. The number of carbonyl (C=O) groups is 1. The summed E-state index contributed by atoms with van der Waals surface area (Å²) >= 11 is 3.51. The van der Waals surface area contributed by atoms with Crippen LogP contribution < -0.4 is 10.6 Å². The van der Waals surface area contributed by atoms with E-state index in [4.69, 9.17) is 0 Å². The van der Waals surface area contributed by atoms with Gasteiger partial charge in [0.2, 0.25) is 5.91 Å². The van der Waals surface area contributed by atoms with Crippen molar-refractivity contribution in [2.45, 2.75) is 31.7 Å². The first-order valence-electron chi connectivity index (χ1n) is 6.80. The molecule has 2 rings (SSSR count). The Morgan fingerprint density at radius 3 is 2.74 bits per heavy atom. The van der Waals surface area contributed by atoms with Crippen LogP contribution in [0.3, 0.4) is 0 Å². The van der Waals surface area contributed by atoms with Crippen LogP contribution in [-0.4, -0.2) is 19.5 Å². The van der Waals surface area contributed by atoms with Crippen LogP contribution >= 0.6 is 15.9 Å². The standard InChI is InChI=1S/C15H21BrN2O/c1-11(10-17-2)14(19)18-15(7-4-8-15)12-5-3-6-13(16)9-12/h3,5-6,9,11,17H,4,7-8,10H2,1-2H3,(H,18,19). The van der Waals surface area contributed by atoms with Gasteiger partial charge in [-0.15, -0.1) is 0 Å². The summed E-state index contributed by atoms with van der Waals surface area (Å²) in [6.07, 6.45) is 3.23. The summed E-state index contributed by atoms with van der Waals surface area (Å²) in [6, 6.07) is 8.26. The Kier molecular flexibility index (Phi) is 4.63. The minimum Gasteiger partial charge on any atom is -0.346 e. The zero-order chi connectivity index (χ0) is 13.9. The molecule has 0 saturated heterocycles. The summed E-state index contributed by atoms with van der Waals surface area (Å²) in [7, 11) is 1.87. The van der Waals surface area contributed by atoms with Gasteiger partial charge in [-0.05, 0) is 44.0 Å². The fourth-order valence-corrected chi connectivity index (χ4v) is 2.96. The van der Waals surface area contributed by atoms with E-state index >= 15 is 0 Å². The van der Waals surface area contributed by atoms with E-state index in [9.17, 15) is 4.79 Å². The highest BCUT2D eigenvalue weighted by Gasteiger charge is 2.40. The highest BCUT2D eigenvalue weighted by molar-refractivity contribution is 9.10. The Morgan fingerprint density at radius 2 is 2.21 bits per heavy atom. The number of hydrogen-bond donors (Lipinski definition) is 2. The molecule has 0 spiro atoms. The summed E-state index contributed by atoms with van der Waals surface area (Å²) in [6.45, 7) is 2.67. The molecule has 1 aliphatic carbocycles. The number of rotatable bonds is 5. The zero-order valence-electron chi connectivity index (χ0n) is 11.5. The first-order valence-corrected chi connectivity index (χ1v) is 7.59. The molecule has 1 aromatic rings. The first-order chi connectivity index (χ1) is 9.07. The topological polar surface area (TPSA) is 41.1 Å². The molecule has 0 radical (unpaired) electrons. The lowest BCUT2D eigenvalue weighted by molar-refractivity contribution is -0.127. The van der Waals surface area contributed by atoms with Gasteiger partial charge in [0.1, 0.15) is 0 Å². The molecule has 2 N–H and O–H groups in total. The van der Waals surface area contributed by atoms with Crippen LogP contribution in [0, 0.1) is 5.92 Å². The normalized spacial score (nSPS) is 18.5. The molecule has 1 amide bonds. The number of amides is 1. The van der Waals surface area contributed by atoms with Gasteiger partial charge in [-0.3, -0.25) is 4.79 Å². The molecule has 1 fully saturated rings. The SMILES string of the molecule is CNCC(C)C(=O)NC1(c2cccc(Br)c2)CCC1. The van der Waals surface area contributed by atoms with Gasteiger partial charge in [-0.2, -0.15) is 0 Å². The van der Waals surface area contributed by atoms with Crippen LogP contribution in [0.15, 0.2) is 28.7 Å². The van der Waals surface area contributed by atoms with E-state index in [2.05, 4.69) is 38.7 Å². The summed E-state index contributed by atoms with van der Waals surface area (Å²) in [5.41, 5.74) is 1.06. The quantitative estimate of drug-likeness (QED) is 0.874. The summed E-state index contributed by atoms with van der Waals surface area (Å²) < 4.78 is 1.06. The Hall–Kier alpha value is -0.870. The summed E-state index contributed by atoms with van der Waals surface area (Å²) in [5.74, 6) is 0.128. The minimum absolute atomic E-state index is 0.00497. The molecule has 19 heavy (non-hydrogen) atoms. The molecular formula is C15H21BrN2O. The predicted molar refractivity (Wildman–Crippen MR) is 80.9 cm³/mol. The molecule has 0 bridgehead atoms. The second-order valence-corrected chi connectivity index (χ2v) is 6.31. The molecule has 1 atom stereocenters. The first kappa shape index (κ1) is 14.5. The van der Waals surface area contributed by atoms with E-state index in [1.807, 2.05) is 26.1 Å². The monoisotopic (exact) mass is 324 g/mol. The van der Waals surface area contributed by atoms with E-state index in [0.29, 0.717) is 6.54 Å². The average molecular weight is 325 g/mol. The summed E-state index contributed by atoms with van der Waals surface area (Å²) in [4.78, 5) is 12.2. The highest BCUT2D eigenvalue weighted by atomic mass is 79.9. The van der Waals surface area contributed by atoms with E-state index in [0.717, 1.165) is 17.3 Å². The molecule has 0 aromatic heterocycles. The lowest BCUT2D eigenvalue weighted by Crippen LogP contribution is -2.53. The lowest BCUT2D eigenvalue weighted by Gasteiger charge is -2.43. The van der Waals surface area contributed by atoms with Crippen molar-refractivity contribution >= 4 is 21.8 Å². The molecule has 4 heteroatoms. The predicted octanol–water partition coefficient (Wildman–Crippen LogP) is 2.80. The lowest BCUT2D eigenvalue weighted by atomic mass is 9.71. The largest absolute Gasteiger partial charge is 0.346 e. The van der Waals surface area contributed by atoms with E-state index < -0.39 is 0 Å². The number of hydrogen-bond acceptors (Lipinski definition) is 2. The molecule has 0 aliphatic heterocycles. The number of halogens is 1. The van der Waals surface area contributed by atoms with Gasteiger partial charge in [0.25, 0.3) is 0 Å². The summed E-state index contributed by atoms with van der Waals surface area (Å²) in [5, 5.41) is 6.31. The fourth-order valence-electron chi connectivity index (χ4n) is 2.56. The van der Waals surface area contributed by atoms with Crippen molar-refractivity contribution in [2.24, 2.45) is 5.92 Å². The van der Waals surface area contributed by atoms with Crippen molar-refractivity contribution in [1.82, 2.24) is 10.6 Å². The van der Waals surface area contributed by atoms with Gasteiger partial charge >= 0.3 is 0 Å². The van der Waals surface area contributed by atoms with Gasteiger partial charge in [-0.1, -0.05) is 35.0 Å². The van der Waals surface area contributed by atoms with Crippen LogP contribution in [0.1, 0.15) is 31.7 Å². The maximum atomic E-state index is 12.2. The Morgan fingerprint density at radius 1 is 1.47 bits per heavy atom. The van der Waals surface area contributed by atoms with Gasteiger partial charge in [0, 0.05) is 16.9 Å². The number of benzene rings is 1. The molecule has 0 heterocycles. The second-order valence-electron chi connectivity index (χ2n) is 5.39. The van der Waals surface area contributed by atoms with Crippen molar-refractivity contribution in [3.8, 4) is 0 Å². The Labute approximate surface area is 123 Å². The third-order valence-electron chi connectivity index (χ3n) is 3.90. The van der Waals surface area contributed by atoms with Crippen molar-refractivity contribution in [3.05, 3.63) is 34.3 Å². The van der Waals surface area contributed by atoms with E-state index in [-0.39, 0.29) is 17.4 Å². The third kappa shape index (κ3) is 3.18. The molecule has 3 nitrogen and oxygen atoms in total. The smallest absolute Gasteiger partial charge is 0.224 e. The van der Waals surface area contributed by atoms with Crippen LogP contribution in [0.5, 0.6) is 0 Å². The van der Waals surface area contributed by atoms with Crippen molar-refractivity contribution in [3.63, 3.8) is 0 Å². The van der Waals surface area contributed by atoms with Crippen LogP contribution in [-0.2, 0) is 10.3 Å². The molecule has 1 saturated carbocycles. The zero-order valence-corrected chi connectivity index (χ0v) is 13.1. The van der Waals surface area contributed by atoms with Crippen molar-refractivity contribution in [2.75, 3.05) is 13.6 Å². The Balaban J connectivity index is 2.13. The third-order valence-corrected chi connectivity index (χ3v) is 4.40. The van der Waals surface area contributed by atoms with Crippen LogP contribution in [0.4, 0.5) is 0 Å². The molecular weight excluding hydrogens is 304 g/mol. The minimum atomic E-state index is -0.150. The van der Waals surface area contributed by atoms with E-state index in [1.165, 1.54) is 12.0 Å². The maximum absolute atomic E-state index is 12.2. The van der Waals surface area contributed by atoms with Crippen LogP contribution in [0.25, 0.3) is 0 Å². The second kappa shape index (κ2) is 6.06. The van der Waals surface area contributed by atoms with Gasteiger partial charge in [0.15, 0.2) is 0 Å². The fraction of sp³-hybridized carbons (Fsp3) is 0.533. The van der Waals surface area contributed by atoms with Gasteiger partial charge in [0.05, 0.1) is 5.54 Å². The highest BCUT2D eigenvalue weighted by Crippen LogP contribution is 2.42.